The Labute approximate surface area is 102 Å². The van der Waals surface area contributed by atoms with Crippen LogP contribution in [0.15, 0.2) is 18.2 Å². The van der Waals surface area contributed by atoms with Gasteiger partial charge in [-0.3, -0.25) is 0 Å². The van der Waals surface area contributed by atoms with Crippen LogP contribution in [0, 0.1) is 5.82 Å². The highest BCUT2D eigenvalue weighted by Crippen LogP contribution is 2.36. The van der Waals surface area contributed by atoms with Gasteiger partial charge in [0, 0.05) is 23.3 Å². The monoisotopic (exact) mass is 237 g/mol. The Morgan fingerprint density at radius 3 is 2.71 bits per heavy atom. The summed E-state index contributed by atoms with van der Waals surface area (Å²) in [6, 6.07) is 5.78. The maximum Gasteiger partial charge on any atom is 0.128 e. The summed E-state index contributed by atoms with van der Waals surface area (Å²) in [6.45, 7) is 6.00. The van der Waals surface area contributed by atoms with Crippen molar-refractivity contribution in [3.8, 4) is 0 Å². The molecule has 0 aromatic heterocycles. The van der Waals surface area contributed by atoms with E-state index in [1.165, 1.54) is 6.07 Å². The summed E-state index contributed by atoms with van der Waals surface area (Å²) in [5.41, 5.74) is 1.79. The van der Waals surface area contributed by atoms with Crippen LogP contribution in [0.5, 0.6) is 0 Å². The fraction of sp³-hybridized carbons (Fsp3) is 0.571. The highest BCUT2D eigenvalue weighted by molar-refractivity contribution is 5.60. The summed E-state index contributed by atoms with van der Waals surface area (Å²) in [5, 5.41) is 9.54. The summed E-state index contributed by atoms with van der Waals surface area (Å²) in [6.07, 6.45) is 1.04. The number of aliphatic hydroxyl groups excluding tert-OH is 1. The Balaban J connectivity index is 2.34. The zero-order valence-corrected chi connectivity index (χ0v) is 10.7. The summed E-state index contributed by atoms with van der Waals surface area (Å²) in [7, 11) is 0. The SMILES string of the molecule is CC(O)CC1Cc2c(F)cccc2N1C(C)C. The molecule has 0 aliphatic carbocycles. The molecule has 0 saturated carbocycles. The third-order valence-corrected chi connectivity index (χ3v) is 3.37. The van der Waals surface area contributed by atoms with Gasteiger partial charge in [0.1, 0.15) is 5.82 Å². The molecule has 3 heteroatoms. The van der Waals surface area contributed by atoms with Crippen molar-refractivity contribution in [2.24, 2.45) is 0 Å². The Kier molecular flexibility index (Phi) is 3.38. The van der Waals surface area contributed by atoms with Crippen LogP contribution < -0.4 is 4.90 Å². The van der Waals surface area contributed by atoms with E-state index in [2.05, 4.69) is 18.7 Å². The Morgan fingerprint density at radius 2 is 2.12 bits per heavy atom. The fourth-order valence-electron chi connectivity index (χ4n) is 2.81. The maximum atomic E-state index is 13.7. The Bertz CT molecular complexity index is 403. The molecule has 0 spiro atoms. The second-order valence-corrected chi connectivity index (χ2v) is 5.18. The molecule has 1 aliphatic rings. The van der Waals surface area contributed by atoms with Crippen molar-refractivity contribution < 1.29 is 9.50 Å². The largest absolute Gasteiger partial charge is 0.393 e. The molecule has 1 N–H and O–H groups in total. The van der Waals surface area contributed by atoms with Gasteiger partial charge in [-0.15, -0.1) is 0 Å². The molecule has 2 rings (SSSR count). The molecule has 2 nitrogen and oxygen atoms in total. The van der Waals surface area contributed by atoms with Crippen LogP contribution in [0.3, 0.4) is 0 Å². The smallest absolute Gasteiger partial charge is 0.128 e. The Hall–Kier alpha value is -1.09. The summed E-state index contributed by atoms with van der Waals surface area (Å²) >= 11 is 0. The van der Waals surface area contributed by atoms with E-state index in [-0.39, 0.29) is 18.0 Å². The van der Waals surface area contributed by atoms with Crippen molar-refractivity contribution in [1.29, 1.82) is 0 Å². The summed E-state index contributed by atoms with van der Waals surface area (Å²) < 4.78 is 13.7. The standard InChI is InChI=1S/C14H20FNO/c1-9(2)16-11(7-10(3)17)8-12-13(15)5-4-6-14(12)16/h4-6,9-11,17H,7-8H2,1-3H3. The molecule has 1 aromatic rings. The zero-order valence-electron chi connectivity index (χ0n) is 10.7. The van der Waals surface area contributed by atoms with E-state index >= 15 is 0 Å². The van der Waals surface area contributed by atoms with Gasteiger partial charge in [-0.2, -0.15) is 0 Å². The summed E-state index contributed by atoms with van der Waals surface area (Å²) in [4.78, 5) is 2.23. The van der Waals surface area contributed by atoms with Crippen LogP contribution in [-0.4, -0.2) is 23.3 Å². The van der Waals surface area contributed by atoms with E-state index in [4.69, 9.17) is 0 Å². The van der Waals surface area contributed by atoms with Gasteiger partial charge < -0.3 is 10.0 Å². The molecule has 0 amide bonds. The van der Waals surface area contributed by atoms with Crippen LogP contribution in [-0.2, 0) is 6.42 Å². The van der Waals surface area contributed by atoms with Crippen molar-refractivity contribution in [3.05, 3.63) is 29.6 Å². The molecule has 0 bridgehead atoms. The van der Waals surface area contributed by atoms with Gasteiger partial charge in [-0.1, -0.05) is 6.07 Å². The predicted octanol–water partition coefficient (Wildman–Crippen LogP) is 2.74. The molecule has 0 saturated heterocycles. The average Bonchev–Trinajstić information content (AvgIpc) is 2.56. The number of halogens is 1. The molecule has 0 fully saturated rings. The molecule has 2 atom stereocenters. The number of hydrogen-bond donors (Lipinski definition) is 1. The lowest BCUT2D eigenvalue weighted by Crippen LogP contribution is -2.39. The van der Waals surface area contributed by atoms with Crippen molar-refractivity contribution in [2.45, 2.75) is 51.8 Å². The average molecular weight is 237 g/mol. The van der Waals surface area contributed by atoms with E-state index in [1.54, 1.807) is 13.0 Å². The van der Waals surface area contributed by atoms with Crippen LogP contribution in [0.4, 0.5) is 10.1 Å². The lowest BCUT2D eigenvalue weighted by Gasteiger charge is -2.32. The first-order chi connectivity index (χ1) is 8.00. The fourth-order valence-corrected chi connectivity index (χ4v) is 2.81. The van der Waals surface area contributed by atoms with Crippen LogP contribution in [0.2, 0.25) is 0 Å². The van der Waals surface area contributed by atoms with Crippen molar-refractivity contribution in [2.75, 3.05) is 4.90 Å². The molecular weight excluding hydrogens is 217 g/mol. The van der Waals surface area contributed by atoms with Crippen molar-refractivity contribution in [3.63, 3.8) is 0 Å². The van der Waals surface area contributed by atoms with E-state index in [0.717, 1.165) is 11.3 Å². The number of aliphatic hydroxyl groups is 1. The lowest BCUT2D eigenvalue weighted by molar-refractivity contribution is 0.173. The molecule has 1 heterocycles. The first-order valence-electron chi connectivity index (χ1n) is 6.24. The third kappa shape index (κ3) is 2.29. The van der Waals surface area contributed by atoms with Gasteiger partial charge in [0.25, 0.3) is 0 Å². The molecule has 1 aliphatic heterocycles. The van der Waals surface area contributed by atoms with Gasteiger partial charge >= 0.3 is 0 Å². The summed E-state index contributed by atoms with van der Waals surface area (Å²) in [5.74, 6) is -0.124. The Morgan fingerprint density at radius 1 is 1.41 bits per heavy atom. The van der Waals surface area contributed by atoms with Crippen molar-refractivity contribution >= 4 is 5.69 Å². The van der Waals surface area contributed by atoms with Gasteiger partial charge in [0.05, 0.1) is 6.10 Å². The number of hydrogen-bond acceptors (Lipinski definition) is 2. The first-order valence-corrected chi connectivity index (χ1v) is 6.24. The van der Waals surface area contributed by atoms with Crippen molar-refractivity contribution in [1.82, 2.24) is 0 Å². The molecule has 17 heavy (non-hydrogen) atoms. The number of nitrogens with zero attached hydrogens (tertiary/aromatic N) is 1. The third-order valence-electron chi connectivity index (χ3n) is 3.37. The second-order valence-electron chi connectivity index (χ2n) is 5.18. The van der Waals surface area contributed by atoms with Gasteiger partial charge in [-0.05, 0) is 45.7 Å². The van der Waals surface area contributed by atoms with Gasteiger partial charge in [0.2, 0.25) is 0 Å². The lowest BCUT2D eigenvalue weighted by atomic mass is 10.0. The molecular formula is C14H20FNO. The highest BCUT2D eigenvalue weighted by Gasteiger charge is 2.33. The maximum absolute atomic E-state index is 13.7. The number of anilines is 1. The number of rotatable bonds is 3. The molecule has 0 radical (unpaired) electrons. The van der Waals surface area contributed by atoms with Crippen LogP contribution >= 0.6 is 0 Å². The van der Waals surface area contributed by atoms with Crippen LogP contribution in [0.25, 0.3) is 0 Å². The predicted molar refractivity (Wildman–Crippen MR) is 67.8 cm³/mol. The minimum Gasteiger partial charge on any atom is -0.393 e. The van der Waals surface area contributed by atoms with E-state index < -0.39 is 0 Å². The second kappa shape index (κ2) is 4.65. The number of fused-ring (bicyclic) bond motifs is 1. The molecule has 1 aromatic carbocycles. The van der Waals surface area contributed by atoms with Crippen LogP contribution in [0.1, 0.15) is 32.8 Å². The normalized spacial score (nSPS) is 20.8. The van der Waals surface area contributed by atoms with E-state index in [0.29, 0.717) is 18.9 Å². The van der Waals surface area contributed by atoms with E-state index in [1.807, 2.05) is 6.07 Å². The molecule has 94 valence electrons. The minimum atomic E-state index is -0.348. The topological polar surface area (TPSA) is 23.5 Å². The highest BCUT2D eigenvalue weighted by atomic mass is 19.1. The minimum absolute atomic E-state index is 0.124. The molecule has 2 unspecified atom stereocenters. The zero-order chi connectivity index (χ0) is 12.6. The van der Waals surface area contributed by atoms with E-state index in [9.17, 15) is 9.50 Å². The first kappa shape index (κ1) is 12.4. The van der Waals surface area contributed by atoms with Gasteiger partial charge in [0.15, 0.2) is 0 Å². The van der Waals surface area contributed by atoms with Gasteiger partial charge in [-0.25, -0.2) is 4.39 Å². The number of benzene rings is 1. The quantitative estimate of drug-likeness (QED) is 0.873.